The molecule has 0 saturated carbocycles. The molecule has 0 radical (unpaired) electrons. The number of nitrogens with one attached hydrogen (secondary N) is 1. The fraction of sp³-hybridized carbons (Fsp3) is 0.0714. The number of rotatable bonds is 2. The fourth-order valence-corrected chi connectivity index (χ4v) is 2.81. The standard InChI is InChI=1S/C14H10BrClN2O3/c15-8-1-7(2-9(16)3-8)14(19)18-11-5-13-12(4-10(11)17)20-6-21-13/h1-5H,6,17H2,(H,18,19). The molecule has 0 spiro atoms. The lowest BCUT2D eigenvalue weighted by Gasteiger charge is -2.10. The molecular formula is C14H10BrClN2O3. The van der Waals surface area contributed by atoms with Crippen LogP contribution in [0.4, 0.5) is 11.4 Å². The Morgan fingerprint density at radius 2 is 1.90 bits per heavy atom. The molecule has 3 rings (SSSR count). The Morgan fingerprint density at radius 1 is 1.19 bits per heavy atom. The van der Waals surface area contributed by atoms with E-state index < -0.39 is 0 Å². The van der Waals surface area contributed by atoms with Gasteiger partial charge in [0, 0.05) is 27.2 Å². The second-order valence-electron chi connectivity index (χ2n) is 4.40. The van der Waals surface area contributed by atoms with E-state index in [9.17, 15) is 4.79 Å². The van der Waals surface area contributed by atoms with E-state index in [1.807, 2.05) is 0 Å². The van der Waals surface area contributed by atoms with Crippen molar-refractivity contribution < 1.29 is 14.3 Å². The summed E-state index contributed by atoms with van der Waals surface area (Å²) in [6.45, 7) is 0.146. The van der Waals surface area contributed by atoms with Gasteiger partial charge in [-0.1, -0.05) is 27.5 Å². The topological polar surface area (TPSA) is 73.6 Å². The van der Waals surface area contributed by atoms with E-state index in [0.717, 1.165) is 4.47 Å². The Kier molecular flexibility index (Phi) is 3.65. The van der Waals surface area contributed by atoms with Gasteiger partial charge in [-0.25, -0.2) is 0 Å². The first kappa shape index (κ1) is 14.0. The van der Waals surface area contributed by atoms with Crippen LogP contribution in [0, 0.1) is 0 Å². The summed E-state index contributed by atoms with van der Waals surface area (Å²) in [4.78, 5) is 12.3. The second kappa shape index (κ2) is 5.46. The highest BCUT2D eigenvalue weighted by Crippen LogP contribution is 2.38. The van der Waals surface area contributed by atoms with E-state index in [2.05, 4.69) is 21.2 Å². The number of nitrogen functional groups attached to an aromatic ring is 1. The van der Waals surface area contributed by atoms with Gasteiger partial charge < -0.3 is 20.5 Å². The smallest absolute Gasteiger partial charge is 0.255 e. The Morgan fingerprint density at radius 3 is 2.62 bits per heavy atom. The summed E-state index contributed by atoms with van der Waals surface area (Å²) in [6, 6.07) is 8.20. The molecule has 2 aromatic rings. The van der Waals surface area contributed by atoms with Crippen LogP contribution in [0.3, 0.4) is 0 Å². The Hall–Kier alpha value is -1.92. The first-order chi connectivity index (χ1) is 10.0. The molecule has 1 aliphatic heterocycles. The molecule has 0 atom stereocenters. The van der Waals surface area contributed by atoms with Crippen molar-refractivity contribution in [3.05, 3.63) is 45.4 Å². The summed E-state index contributed by atoms with van der Waals surface area (Å²) in [5.41, 5.74) is 7.17. The van der Waals surface area contributed by atoms with Gasteiger partial charge in [0.15, 0.2) is 11.5 Å². The van der Waals surface area contributed by atoms with Gasteiger partial charge in [-0.2, -0.15) is 0 Å². The van der Waals surface area contributed by atoms with Crippen LogP contribution in [-0.4, -0.2) is 12.7 Å². The monoisotopic (exact) mass is 368 g/mol. The first-order valence-electron chi connectivity index (χ1n) is 5.99. The predicted octanol–water partition coefficient (Wildman–Crippen LogP) is 3.67. The van der Waals surface area contributed by atoms with Gasteiger partial charge in [0.2, 0.25) is 6.79 Å². The molecular weight excluding hydrogens is 360 g/mol. The molecule has 5 nitrogen and oxygen atoms in total. The number of benzene rings is 2. The number of hydrogen-bond acceptors (Lipinski definition) is 4. The van der Waals surface area contributed by atoms with Crippen molar-refractivity contribution in [3.63, 3.8) is 0 Å². The zero-order valence-corrected chi connectivity index (χ0v) is 13.0. The molecule has 0 fully saturated rings. The number of hydrogen-bond donors (Lipinski definition) is 2. The van der Waals surface area contributed by atoms with Crippen LogP contribution in [0.5, 0.6) is 11.5 Å². The van der Waals surface area contributed by atoms with Crippen molar-refractivity contribution >= 4 is 44.8 Å². The van der Waals surface area contributed by atoms with E-state index in [1.54, 1.807) is 30.3 Å². The minimum atomic E-state index is -0.316. The SMILES string of the molecule is Nc1cc2c(cc1NC(=O)c1cc(Cl)cc(Br)c1)OCO2. The average Bonchev–Trinajstić information content (AvgIpc) is 2.85. The number of amides is 1. The van der Waals surface area contributed by atoms with Crippen LogP contribution < -0.4 is 20.5 Å². The van der Waals surface area contributed by atoms with E-state index in [1.165, 1.54) is 0 Å². The summed E-state index contributed by atoms with van der Waals surface area (Å²) in [5, 5.41) is 3.20. The van der Waals surface area contributed by atoms with Crippen LogP contribution in [0.1, 0.15) is 10.4 Å². The fourth-order valence-electron chi connectivity index (χ4n) is 1.95. The summed E-state index contributed by atoms with van der Waals surface area (Å²) >= 11 is 9.23. The number of anilines is 2. The number of carbonyl (C=O) groups is 1. The first-order valence-corrected chi connectivity index (χ1v) is 7.16. The molecule has 108 valence electrons. The Labute approximate surface area is 134 Å². The maximum absolute atomic E-state index is 12.3. The summed E-state index contributed by atoms with van der Waals surface area (Å²) in [6.07, 6.45) is 0. The van der Waals surface area contributed by atoms with Crippen LogP contribution in [0.25, 0.3) is 0 Å². The number of halogens is 2. The van der Waals surface area contributed by atoms with E-state index in [0.29, 0.717) is 33.5 Å². The third-order valence-corrected chi connectivity index (χ3v) is 3.59. The maximum atomic E-state index is 12.3. The van der Waals surface area contributed by atoms with Crippen molar-refractivity contribution in [1.29, 1.82) is 0 Å². The highest BCUT2D eigenvalue weighted by atomic mass is 79.9. The number of fused-ring (bicyclic) bond motifs is 1. The Balaban J connectivity index is 1.88. The second-order valence-corrected chi connectivity index (χ2v) is 5.76. The third kappa shape index (κ3) is 2.91. The van der Waals surface area contributed by atoms with Gasteiger partial charge in [-0.15, -0.1) is 0 Å². The van der Waals surface area contributed by atoms with Gasteiger partial charge in [0.05, 0.1) is 11.4 Å². The molecule has 0 saturated heterocycles. The van der Waals surface area contributed by atoms with Crippen LogP contribution >= 0.6 is 27.5 Å². The van der Waals surface area contributed by atoms with Gasteiger partial charge in [0.25, 0.3) is 5.91 Å². The average molecular weight is 370 g/mol. The number of carbonyl (C=O) groups excluding carboxylic acids is 1. The molecule has 2 aromatic carbocycles. The maximum Gasteiger partial charge on any atom is 0.255 e. The Bertz CT molecular complexity index is 716. The highest BCUT2D eigenvalue weighted by molar-refractivity contribution is 9.10. The van der Waals surface area contributed by atoms with Crippen molar-refractivity contribution in [2.45, 2.75) is 0 Å². The minimum Gasteiger partial charge on any atom is -0.454 e. The van der Waals surface area contributed by atoms with Crippen LogP contribution in [0.15, 0.2) is 34.8 Å². The normalized spacial score (nSPS) is 12.3. The van der Waals surface area contributed by atoms with Gasteiger partial charge in [-0.3, -0.25) is 4.79 Å². The molecule has 7 heteroatoms. The highest BCUT2D eigenvalue weighted by Gasteiger charge is 2.18. The van der Waals surface area contributed by atoms with Crippen molar-refractivity contribution in [2.75, 3.05) is 17.8 Å². The lowest BCUT2D eigenvalue weighted by atomic mass is 10.2. The summed E-state index contributed by atoms with van der Waals surface area (Å²) < 4.78 is 11.2. The lowest BCUT2D eigenvalue weighted by molar-refractivity contribution is 0.102. The van der Waals surface area contributed by atoms with Crippen molar-refractivity contribution in [3.8, 4) is 11.5 Å². The van der Waals surface area contributed by atoms with Gasteiger partial charge in [0.1, 0.15) is 0 Å². The van der Waals surface area contributed by atoms with Gasteiger partial charge >= 0.3 is 0 Å². The van der Waals surface area contributed by atoms with Crippen LogP contribution in [-0.2, 0) is 0 Å². The van der Waals surface area contributed by atoms with E-state index in [-0.39, 0.29) is 12.7 Å². The zero-order valence-electron chi connectivity index (χ0n) is 10.7. The largest absolute Gasteiger partial charge is 0.454 e. The molecule has 0 bridgehead atoms. The lowest BCUT2D eigenvalue weighted by Crippen LogP contribution is -2.13. The summed E-state index contributed by atoms with van der Waals surface area (Å²) in [7, 11) is 0. The molecule has 0 aliphatic carbocycles. The summed E-state index contributed by atoms with van der Waals surface area (Å²) in [5.74, 6) is 0.798. The molecule has 1 amide bonds. The van der Waals surface area contributed by atoms with E-state index in [4.69, 9.17) is 26.8 Å². The molecule has 1 aliphatic rings. The predicted molar refractivity (Wildman–Crippen MR) is 84.1 cm³/mol. The molecule has 0 unspecified atom stereocenters. The third-order valence-electron chi connectivity index (χ3n) is 2.92. The minimum absolute atomic E-state index is 0.146. The molecule has 21 heavy (non-hydrogen) atoms. The number of nitrogens with two attached hydrogens (primary N) is 1. The van der Waals surface area contributed by atoms with Crippen molar-refractivity contribution in [2.24, 2.45) is 0 Å². The zero-order chi connectivity index (χ0) is 15.0. The molecule has 0 aromatic heterocycles. The van der Waals surface area contributed by atoms with Gasteiger partial charge in [-0.05, 0) is 18.2 Å². The van der Waals surface area contributed by atoms with Crippen molar-refractivity contribution in [1.82, 2.24) is 0 Å². The quantitative estimate of drug-likeness (QED) is 0.792. The van der Waals surface area contributed by atoms with E-state index >= 15 is 0 Å². The molecule has 1 heterocycles. The number of ether oxygens (including phenoxy) is 2. The van der Waals surface area contributed by atoms with Crippen LogP contribution in [0.2, 0.25) is 5.02 Å². The molecule has 3 N–H and O–H groups in total.